The van der Waals surface area contributed by atoms with Crippen molar-refractivity contribution in [2.75, 3.05) is 0 Å². The number of halogens is 1. The van der Waals surface area contributed by atoms with Crippen LogP contribution in [-0.2, 0) is 0 Å². The van der Waals surface area contributed by atoms with Crippen LogP contribution in [0.2, 0.25) is 0 Å². The van der Waals surface area contributed by atoms with Crippen LogP contribution < -0.4 is 5.19 Å². The molecule has 9 heavy (non-hydrogen) atoms. The standard InChI is InChI=1S/C6H5BrOSi/c7-5-1-3-6(9-8)4-2-5/h1-4,8H. The van der Waals surface area contributed by atoms with Crippen molar-refractivity contribution in [1.29, 1.82) is 0 Å². The van der Waals surface area contributed by atoms with E-state index in [4.69, 9.17) is 4.80 Å². The summed E-state index contributed by atoms with van der Waals surface area (Å²) in [5, 5.41) is 0.971. The molecule has 1 aromatic rings. The van der Waals surface area contributed by atoms with Crippen molar-refractivity contribution in [1.82, 2.24) is 0 Å². The first kappa shape index (κ1) is 6.99. The van der Waals surface area contributed by atoms with Crippen LogP contribution in [0, 0.1) is 0 Å². The average Bonchev–Trinajstić information content (AvgIpc) is 1.90. The van der Waals surface area contributed by atoms with Gasteiger partial charge in [0.25, 0.3) is 9.76 Å². The highest BCUT2D eigenvalue weighted by Gasteiger charge is 1.89. The number of hydrogen-bond acceptors (Lipinski definition) is 1. The maximum atomic E-state index is 8.64. The van der Waals surface area contributed by atoms with Gasteiger partial charge in [0.1, 0.15) is 0 Å². The topological polar surface area (TPSA) is 20.2 Å². The molecule has 0 bridgehead atoms. The van der Waals surface area contributed by atoms with Crippen molar-refractivity contribution in [3.8, 4) is 0 Å². The molecule has 0 unspecified atom stereocenters. The maximum absolute atomic E-state index is 8.64. The minimum absolute atomic E-state index is 0.0944. The van der Waals surface area contributed by atoms with Crippen molar-refractivity contribution in [2.45, 2.75) is 0 Å². The molecule has 0 aliphatic rings. The second-order valence-electron chi connectivity index (χ2n) is 1.62. The Kier molecular flexibility index (Phi) is 2.45. The van der Waals surface area contributed by atoms with Crippen LogP contribution in [0.25, 0.3) is 0 Å². The van der Waals surface area contributed by atoms with Gasteiger partial charge in [-0.3, -0.25) is 0 Å². The molecule has 0 atom stereocenters. The van der Waals surface area contributed by atoms with Gasteiger partial charge in [0.15, 0.2) is 0 Å². The highest BCUT2D eigenvalue weighted by atomic mass is 79.9. The zero-order chi connectivity index (χ0) is 6.69. The lowest BCUT2D eigenvalue weighted by Gasteiger charge is -1.91. The second kappa shape index (κ2) is 3.15. The molecule has 0 aromatic heterocycles. The Hall–Kier alpha value is -0.123. The van der Waals surface area contributed by atoms with Gasteiger partial charge in [-0.15, -0.1) is 0 Å². The fourth-order valence-corrected chi connectivity index (χ4v) is 1.10. The minimum atomic E-state index is -0.0944. The fraction of sp³-hybridized carbons (Fsp3) is 0. The molecule has 0 saturated heterocycles. The lowest BCUT2D eigenvalue weighted by molar-refractivity contribution is 0.615. The molecule has 1 nitrogen and oxygen atoms in total. The smallest absolute Gasteiger partial charge is 0.265 e. The Morgan fingerprint density at radius 2 is 1.78 bits per heavy atom. The van der Waals surface area contributed by atoms with E-state index in [9.17, 15) is 0 Å². The summed E-state index contributed by atoms with van der Waals surface area (Å²) in [4.78, 5) is 8.64. The van der Waals surface area contributed by atoms with Crippen LogP contribution in [0.5, 0.6) is 0 Å². The Morgan fingerprint density at radius 1 is 1.22 bits per heavy atom. The molecule has 1 rings (SSSR count). The largest absolute Gasteiger partial charge is 0.428 e. The molecule has 1 N–H and O–H groups in total. The van der Waals surface area contributed by atoms with Crippen molar-refractivity contribution >= 4 is 30.9 Å². The molecular formula is C6H5BrOSi. The van der Waals surface area contributed by atoms with Gasteiger partial charge < -0.3 is 4.80 Å². The van der Waals surface area contributed by atoms with Crippen molar-refractivity contribution in [3.05, 3.63) is 28.7 Å². The molecule has 0 aliphatic carbocycles. The van der Waals surface area contributed by atoms with Crippen molar-refractivity contribution in [2.24, 2.45) is 0 Å². The van der Waals surface area contributed by atoms with Crippen LogP contribution in [-0.4, -0.2) is 14.6 Å². The van der Waals surface area contributed by atoms with E-state index in [1.165, 1.54) is 0 Å². The van der Waals surface area contributed by atoms with Gasteiger partial charge in [-0.2, -0.15) is 0 Å². The highest BCUT2D eigenvalue weighted by molar-refractivity contribution is 9.10. The van der Waals surface area contributed by atoms with Crippen LogP contribution in [0.4, 0.5) is 0 Å². The van der Waals surface area contributed by atoms with E-state index >= 15 is 0 Å². The summed E-state index contributed by atoms with van der Waals surface area (Å²) in [6.07, 6.45) is 0. The van der Waals surface area contributed by atoms with Crippen molar-refractivity contribution < 1.29 is 4.80 Å². The maximum Gasteiger partial charge on any atom is 0.265 e. The quantitative estimate of drug-likeness (QED) is 0.662. The summed E-state index contributed by atoms with van der Waals surface area (Å²) in [6, 6.07) is 7.61. The molecule has 0 fully saturated rings. The predicted molar refractivity (Wildman–Crippen MR) is 41.7 cm³/mol. The van der Waals surface area contributed by atoms with E-state index in [0.29, 0.717) is 0 Å². The normalized spacial score (nSPS) is 9.56. The SMILES string of the molecule is O[Si]c1ccc(Br)cc1. The highest BCUT2D eigenvalue weighted by Crippen LogP contribution is 2.04. The summed E-state index contributed by atoms with van der Waals surface area (Å²) in [6.45, 7) is 0. The zero-order valence-electron chi connectivity index (χ0n) is 4.63. The Balaban J connectivity index is 2.88. The molecular weight excluding hydrogens is 196 g/mol. The molecule has 2 radical (unpaired) electrons. The van der Waals surface area contributed by atoms with Gasteiger partial charge in [0.2, 0.25) is 0 Å². The van der Waals surface area contributed by atoms with E-state index in [-0.39, 0.29) is 9.76 Å². The molecule has 46 valence electrons. The van der Waals surface area contributed by atoms with E-state index in [2.05, 4.69) is 15.9 Å². The van der Waals surface area contributed by atoms with Gasteiger partial charge in [-0.1, -0.05) is 28.1 Å². The number of rotatable bonds is 1. The van der Waals surface area contributed by atoms with E-state index < -0.39 is 0 Å². The van der Waals surface area contributed by atoms with E-state index in [0.717, 1.165) is 9.66 Å². The number of hydrogen-bond donors (Lipinski definition) is 1. The fourth-order valence-electron chi connectivity index (χ4n) is 0.524. The molecule has 0 aliphatic heterocycles. The van der Waals surface area contributed by atoms with Crippen LogP contribution >= 0.6 is 15.9 Å². The third-order valence-corrected chi connectivity index (χ3v) is 2.09. The van der Waals surface area contributed by atoms with Crippen molar-refractivity contribution in [3.63, 3.8) is 0 Å². The lowest BCUT2D eigenvalue weighted by atomic mass is 10.4. The Bertz CT molecular complexity index is 185. The molecule has 0 amide bonds. The Morgan fingerprint density at radius 3 is 2.22 bits per heavy atom. The molecule has 0 saturated carbocycles. The van der Waals surface area contributed by atoms with Crippen LogP contribution in [0.3, 0.4) is 0 Å². The lowest BCUT2D eigenvalue weighted by Crippen LogP contribution is -2.11. The van der Waals surface area contributed by atoms with Gasteiger partial charge in [0, 0.05) is 4.47 Å². The van der Waals surface area contributed by atoms with E-state index in [1.807, 2.05) is 24.3 Å². The van der Waals surface area contributed by atoms with Gasteiger partial charge in [0.05, 0.1) is 0 Å². The second-order valence-corrected chi connectivity index (χ2v) is 3.34. The minimum Gasteiger partial charge on any atom is -0.428 e. The molecule has 1 aromatic carbocycles. The molecule has 3 heteroatoms. The number of benzene rings is 1. The van der Waals surface area contributed by atoms with Gasteiger partial charge >= 0.3 is 0 Å². The zero-order valence-corrected chi connectivity index (χ0v) is 7.22. The van der Waals surface area contributed by atoms with Gasteiger partial charge in [-0.25, -0.2) is 0 Å². The monoisotopic (exact) mass is 200 g/mol. The summed E-state index contributed by atoms with van der Waals surface area (Å²) < 4.78 is 1.05. The summed E-state index contributed by atoms with van der Waals surface area (Å²) in [7, 11) is -0.0944. The van der Waals surface area contributed by atoms with Crippen LogP contribution in [0.1, 0.15) is 0 Å². The Labute approximate surface area is 64.8 Å². The van der Waals surface area contributed by atoms with E-state index in [1.54, 1.807) is 0 Å². The summed E-state index contributed by atoms with van der Waals surface area (Å²) >= 11 is 3.30. The summed E-state index contributed by atoms with van der Waals surface area (Å²) in [5.41, 5.74) is 0. The predicted octanol–water partition coefficient (Wildman–Crippen LogP) is 0.686. The first-order valence-electron chi connectivity index (χ1n) is 2.48. The third kappa shape index (κ3) is 1.93. The average molecular weight is 201 g/mol. The first-order valence-corrected chi connectivity index (χ1v) is 4.22. The van der Waals surface area contributed by atoms with Gasteiger partial charge in [-0.05, 0) is 17.3 Å². The third-order valence-electron chi connectivity index (χ3n) is 0.973. The summed E-state index contributed by atoms with van der Waals surface area (Å²) in [5.74, 6) is 0. The molecule has 0 spiro atoms. The first-order chi connectivity index (χ1) is 4.33. The molecule has 0 heterocycles. The van der Waals surface area contributed by atoms with Crippen LogP contribution in [0.15, 0.2) is 28.7 Å².